The zero-order valence-corrected chi connectivity index (χ0v) is 13.2. The summed E-state index contributed by atoms with van der Waals surface area (Å²) < 4.78 is 7.00. The van der Waals surface area contributed by atoms with Gasteiger partial charge in [0, 0.05) is 5.56 Å². The lowest BCUT2D eigenvalue weighted by Gasteiger charge is -2.12. The number of benzene rings is 2. The van der Waals surface area contributed by atoms with Gasteiger partial charge in [0.15, 0.2) is 5.69 Å². The largest absolute Gasteiger partial charge is 0.497 e. The zero-order valence-electron chi connectivity index (χ0n) is 13.2. The molecule has 2 aromatic carbocycles. The van der Waals surface area contributed by atoms with E-state index in [4.69, 9.17) is 4.74 Å². The van der Waals surface area contributed by atoms with Gasteiger partial charge in [0.25, 0.3) is 0 Å². The lowest BCUT2D eigenvalue weighted by Crippen LogP contribution is -2.03. The number of nitriles is 1. The van der Waals surface area contributed by atoms with Crippen LogP contribution in [0.15, 0.2) is 42.5 Å². The maximum absolute atomic E-state index is 9.39. The Labute approximate surface area is 134 Å². The number of methoxy groups -OCH3 is 1. The van der Waals surface area contributed by atoms with E-state index in [0.717, 1.165) is 28.1 Å². The van der Waals surface area contributed by atoms with Crippen molar-refractivity contribution in [3.63, 3.8) is 0 Å². The van der Waals surface area contributed by atoms with Crippen molar-refractivity contribution >= 4 is 0 Å². The van der Waals surface area contributed by atoms with E-state index >= 15 is 0 Å². The number of hydrogen-bond donors (Lipinski definition) is 0. The zero-order chi connectivity index (χ0) is 16.4. The predicted octanol–water partition coefficient (Wildman–Crippen LogP) is 3.43. The molecular weight excluding hydrogens is 288 g/mol. The van der Waals surface area contributed by atoms with Crippen LogP contribution in [-0.4, -0.2) is 22.1 Å². The first-order chi connectivity index (χ1) is 11.2. The highest BCUT2D eigenvalue weighted by Gasteiger charge is 2.18. The quantitative estimate of drug-likeness (QED) is 0.743. The van der Waals surface area contributed by atoms with E-state index in [1.54, 1.807) is 11.8 Å². The lowest BCUT2D eigenvalue weighted by molar-refractivity contribution is 0.415. The summed E-state index contributed by atoms with van der Waals surface area (Å²) in [5.41, 5.74) is 4.97. The number of hydrogen-bond acceptors (Lipinski definition) is 4. The molecule has 5 nitrogen and oxygen atoms in total. The van der Waals surface area contributed by atoms with Crippen molar-refractivity contribution in [1.82, 2.24) is 15.0 Å². The second-order valence-corrected chi connectivity index (χ2v) is 5.26. The van der Waals surface area contributed by atoms with Crippen LogP contribution in [0.3, 0.4) is 0 Å². The van der Waals surface area contributed by atoms with Gasteiger partial charge in [-0.15, -0.1) is 5.10 Å². The van der Waals surface area contributed by atoms with Crippen LogP contribution in [0.5, 0.6) is 5.75 Å². The van der Waals surface area contributed by atoms with Gasteiger partial charge in [-0.25, -0.2) is 4.68 Å². The predicted molar refractivity (Wildman–Crippen MR) is 87.5 cm³/mol. The molecule has 114 valence electrons. The van der Waals surface area contributed by atoms with Gasteiger partial charge in [-0.2, -0.15) is 5.26 Å². The molecule has 0 bridgehead atoms. The van der Waals surface area contributed by atoms with Crippen molar-refractivity contribution in [1.29, 1.82) is 5.26 Å². The average Bonchev–Trinajstić information content (AvgIpc) is 3.01. The van der Waals surface area contributed by atoms with Crippen LogP contribution in [0.25, 0.3) is 16.9 Å². The minimum absolute atomic E-state index is 0.291. The normalized spacial score (nSPS) is 10.3. The molecule has 0 aliphatic carbocycles. The van der Waals surface area contributed by atoms with Gasteiger partial charge in [0.2, 0.25) is 0 Å². The third kappa shape index (κ3) is 2.55. The van der Waals surface area contributed by atoms with Gasteiger partial charge < -0.3 is 4.74 Å². The Morgan fingerprint density at radius 1 is 1.13 bits per heavy atom. The Balaban J connectivity index is 2.26. The van der Waals surface area contributed by atoms with Crippen molar-refractivity contribution in [2.45, 2.75) is 13.8 Å². The molecule has 23 heavy (non-hydrogen) atoms. The van der Waals surface area contributed by atoms with Crippen molar-refractivity contribution in [3.05, 3.63) is 59.3 Å². The molecule has 3 aromatic rings. The summed E-state index contributed by atoms with van der Waals surface area (Å²) in [4.78, 5) is 0. The van der Waals surface area contributed by atoms with E-state index in [1.807, 2.05) is 56.3 Å². The van der Waals surface area contributed by atoms with Crippen molar-refractivity contribution in [3.8, 4) is 28.8 Å². The molecule has 0 saturated heterocycles. The molecule has 0 amide bonds. The highest BCUT2D eigenvalue weighted by molar-refractivity contribution is 5.69. The maximum Gasteiger partial charge on any atom is 0.191 e. The van der Waals surface area contributed by atoms with E-state index in [2.05, 4.69) is 16.4 Å². The molecule has 0 atom stereocenters. The molecule has 5 heteroatoms. The van der Waals surface area contributed by atoms with Gasteiger partial charge in [0.05, 0.1) is 12.8 Å². The number of nitrogens with zero attached hydrogens (tertiary/aromatic N) is 4. The fraction of sp³-hybridized carbons (Fsp3) is 0.167. The molecule has 0 spiro atoms. The van der Waals surface area contributed by atoms with E-state index in [-0.39, 0.29) is 0 Å². The number of aromatic nitrogens is 3. The van der Waals surface area contributed by atoms with Gasteiger partial charge >= 0.3 is 0 Å². The Bertz CT molecular complexity index is 906. The lowest BCUT2D eigenvalue weighted by atomic mass is 10.1. The van der Waals surface area contributed by atoms with E-state index in [9.17, 15) is 5.26 Å². The van der Waals surface area contributed by atoms with Gasteiger partial charge in [-0.3, -0.25) is 0 Å². The van der Waals surface area contributed by atoms with Crippen molar-refractivity contribution in [2.24, 2.45) is 0 Å². The first-order valence-electron chi connectivity index (χ1n) is 7.22. The number of aryl methyl sites for hydroxylation is 1. The van der Waals surface area contributed by atoms with E-state index in [0.29, 0.717) is 11.4 Å². The second-order valence-electron chi connectivity index (χ2n) is 5.26. The van der Waals surface area contributed by atoms with E-state index < -0.39 is 0 Å². The van der Waals surface area contributed by atoms with Crippen LogP contribution in [-0.2, 0) is 0 Å². The third-order valence-corrected chi connectivity index (χ3v) is 3.92. The molecule has 0 unspecified atom stereocenters. The summed E-state index contributed by atoms with van der Waals surface area (Å²) in [6.07, 6.45) is 0. The average molecular weight is 304 g/mol. The summed E-state index contributed by atoms with van der Waals surface area (Å²) in [5, 5.41) is 17.6. The Hall–Kier alpha value is -3.13. The smallest absolute Gasteiger partial charge is 0.191 e. The van der Waals surface area contributed by atoms with Crippen LogP contribution in [0.4, 0.5) is 0 Å². The van der Waals surface area contributed by atoms with Gasteiger partial charge in [-0.1, -0.05) is 29.5 Å². The van der Waals surface area contributed by atoms with Crippen LogP contribution >= 0.6 is 0 Å². The summed E-state index contributed by atoms with van der Waals surface area (Å²) in [6, 6.07) is 15.7. The molecule has 0 radical (unpaired) electrons. The molecule has 1 heterocycles. The summed E-state index contributed by atoms with van der Waals surface area (Å²) in [5.74, 6) is 0.722. The first-order valence-corrected chi connectivity index (χ1v) is 7.22. The monoisotopic (exact) mass is 304 g/mol. The molecule has 0 fully saturated rings. The number of ether oxygens (including phenoxy) is 1. The highest BCUT2D eigenvalue weighted by atomic mass is 16.5. The standard InChI is InChI=1S/C18H16N4O/c1-12-6-4-9-17(13(12)2)22-18(16(11-19)20-21-22)14-7-5-8-15(10-14)23-3/h4-10H,1-3H3. The fourth-order valence-corrected chi connectivity index (χ4v) is 2.52. The van der Waals surface area contributed by atoms with Crippen molar-refractivity contribution < 1.29 is 4.74 Å². The molecular formula is C18H16N4O. The minimum atomic E-state index is 0.291. The number of rotatable bonds is 3. The summed E-state index contributed by atoms with van der Waals surface area (Å²) in [6.45, 7) is 4.08. The molecule has 0 aliphatic heterocycles. The van der Waals surface area contributed by atoms with Gasteiger partial charge in [0.1, 0.15) is 17.5 Å². The fourth-order valence-electron chi connectivity index (χ4n) is 2.52. The topological polar surface area (TPSA) is 63.7 Å². The molecule has 0 N–H and O–H groups in total. The van der Waals surface area contributed by atoms with Crippen LogP contribution < -0.4 is 4.74 Å². The first kappa shape index (κ1) is 14.8. The minimum Gasteiger partial charge on any atom is -0.497 e. The van der Waals surface area contributed by atoms with Crippen LogP contribution in [0.2, 0.25) is 0 Å². The SMILES string of the molecule is COc1cccc(-c2c(C#N)nnn2-c2cccc(C)c2C)c1. The van der Waals surface area contributed by atoms with E-state index in [1.165, 1.54) is 0 Å². The van der Waals surface area contributed by atoms with Gasteiger partial charge in [-0.05, 0) is 43.2 Å². The highest BCUT2D eigenvalue weighted by Crippen LogP contribution is 2.29. The molecule has 0 saturated carbocycles. The molecule has 0 aliphatic rings. The summed E-state index contributed by atoms with van der Waals surface area (Å²) in [7, 11) is 1.62. The Morgan fingerprint density at radius 3 is 2.65 bits per heavy atom. The summed E-state index contributed by atoms with van der Waals surface area (Å²) >= 11 is 0. The Kier molecular flexibility index (Phi) is 3.82. The van der Waals surface area contributed by atoms with Crippen LogP contribution in [0.1, 0.15) is 16.8 Å². The van der Waals surface area contributed by atoms with Crippen LogP contribution in [0, 0.1) is 25.2 Å². The maximum atomic E-state index is 9.39. The Morgan fingerprint density at radius 2 is 1.91 bits per heavy atom. The second kappa shape index (κ2) is 5.93. The molecule has 3 rings (SSSR count). The van der Waals surface area contributed by atoms with Crippen molar-refractivity contribution in [2.75, 3.05) is 7.11 Å². The molecule has 1 aromatic heterocycles. The third-order valence-electron chi connectivity index (χ3n) is 3.92.